The van der Waals surface area contributed by atoms with Crippen LogP contribution in [0.5, 0.6) is 5.75 Å². The minimum Gasteiger partial charge on any atom is -0.492 e. The summed E-state index contributed by atoms with van der Waals surface area (Å²) in [6.07, 6.45) is 3.51. The van der Waals surface area contributed by atoms with Crippen LogP contribution in [0.2, 0.25) is 5.02 Å². The minimum absolute atomic E-state index is 0.0460. The Morgan fingerprint density at radius 1 is 1.26 bits per heavy atom. The third-order valence-corrected chi connectivity index (χ3v) is 6.37. The Morgan fingerprint density at radius 3 is 2.87 bits per heavy atom. The van der Waals surface area contributed by atoms with Crippen molar-refractivity contribution in [3.63, 3.8) is 0 Å². The lowest BCUT2D eigenvalue weighted by molar-refractivity contribution is -0.114. The third kappa shape index (κ3) is 7.60. The summed E-state index contributed by atoms with van der Waals surface area (Å²) in [5.41, 5.74) is 1.28. The van der Waals surface area contributed by atoms with E-state index in [1.54, 1.807) is 26.2 Å². The van der Waals surface area contributed by atoms with Gasteiger partial charge in [0, 0.05) is 43.9 Å². The molecule has 1 unspecified atom stereocenters. The second kappa shape index (κ2) is 13.6. The highest BCUT2D eigenvalue weighted by Crippen LogP contribution is 2.34. The fourth-order valence-electron chi connectivity index (χ4n) is 4.15. The number of carbonyl (C=O) groups is 1. The van der Waals surface area contributed by atoms with Crippen molar-refractivity contribution in [2.24, 2.45) is 0 Å². The van der Waals surface area contributed by atoms with Gasteiger partial charge < -0.3 is 24.8 Å². The van der Waals surface area contributed by atoms with Crippen LogP contribution in [0.4, 0.5) is 26.0 Å². The SMILES string of the molecule is CCOc1cc2ncnc(Nc3ccc(F)c(Cl)c3)c2cc1NC(=O)C(F)=CCN1CCC(OCCOC)C1. The zero-order valence-corrected chi connectivity index (χ0v) is 22.4. The van der Waals surface area contributed by atoms with Gasteiger partial charge in [-0.25, -0.2) is 18.7 Å². The fraction of sp³-hybridized carbons (Fsp3) is 0.370. The van der Waals surface area contributed by atoms with E-state index in [4.69, 9.17) is 25.8 Å². The van der Waals surface area contributed by atoms with Crippen molar-refractivity contribution < 1.29 is 27.8 Å². The molecular weight excluding hydrogens is 532 g/mol. The topological polar surface area (TPSA) is 97.8 Å². The number of likely N-dealkylation sites (tertiary alicyclic amines) is 1. The summed E-state index contributed by atoms with van der Waals surface area (Å²) in [6, 6.07) is 7.41. The van der Waals surface area contributed by atoms with Crippen LogP contribution in [0.1, 0.15) is 13.3 Å². The van der Waals surface area contributed by atoms with Gasteiger partial charge in [0.25, 0.3) is 5.91 Å². The summed E-state index contributed by atoms with van der Waals surface area (Å²) in [6.45, 7) is 4.83. The van der Waals surface area contributed by atoms with Crippen molar-refractivity contribution in [2.75, 3.05) is 57.2 Å². The summed E-state index contributed by atoms with van der Waals surface area (Å²) < 4.78 is 44.8. The quantitative estimate of drug-likeness (QED) is 0.233. The number of ether oxygens (including phenoxy) is 3. The maximum atomic E-state index is 14.8. The van der Waals surface area contributed by atoms with Crippen molar-refractivity contribution in [1.82, 2.24) is 14.9 Å². The first-order chi connectivity index (χ1) is 18.9. The first-order valence-corrected chi connectivity index (χ1v) is 12.9. The Kier molecular flexibility index (Phi) is 9.99. The maximum absolute atomic E-state index is 14.8. The molecule has 4 rings (SSSR count). The van der Waals surface area contributed by atoms with Crippen LogP contribution < -0.4 is 15.4 Å². The highest BCUT2D eigenvalue weighted by atomic mass is 35.5. The van der Waals surface area contributed by atoms with Crippen molar-refractivity contribution in [3.05, 3.63) is 59.4 Å². The molecular formula is C27H30ClF2N5O4. The number of benzene rings is 2. The van der Waals surface area contributed by atoms with Gasteiger partial charge in [0.05, 0.1) is 42.2 Å². The number of hydrogen-bond acceptors (Lipinski definition) is 8. The molecule has 39 heavy (non-hydrogen) atoms. The second-order valence-corrected chi connectivity index (χ2v) is 9.22. The van der Waals surface area contributed by atoms with Gasteiger partial charge in [-0.05, 0) is 43.7 Å². The normalized spacial score (nSPS) is 16.0. The molecule has 0 radical (unpaired) electrons. The average Bonchev–Trinajstić information content (AvgIpc) is 3.38. The molecule has 2 heterocycles. The average molecular weight is 562 g/mol. The van der Waals surface area contributed by atoms with E-state index in [0.717, 1.165) is 13.0 Å². The number of halogens is 3. The van der Waals surface area contributed by atoms with Gasteiger partial charge in [-0.15, -0.1) is 0 Å². The highest BCUT2D eigenvalue weighted by molar-refractivity contribution is 6.31. The molecule has 12 heteroatoms. The molecule has 2 N–H and O–H groups in total. The van der Waals surface area contributed by atoms with Gasteiger partial charge in [0.2, 0.25) is 0 Å². The van der Waals surface area contributed by atoms with E-state index in [1.165, 1.54) is 30.6 Å². The molecule has 1 aliphatic rings. The van der Waals surface area contributed by atoms with Gasteiger partial charge in [-0.3, -0.25) is 9.69 Å². The van der Waals surface area contributed by atoms with Crippen LogP contribution >= 0.6 is 11.6 Å². The summed E-state index contributed by atoms with van der Waals surface area (Å²) in [4.78, 5) is 23.3. The standard InChI is InChI=1S/C27H30ClF2N5O4/c1-3-38-25-14-23-19(26(32-16-31-23)33-17-4-5-21(29)20(28)12-17)13-24(25)34-27(36)22(30)7-9-35-8-6-18(15-35)39-11-10-37-2/h4-5,7,12-14,16,18H,3,6,8-11,15H2,1-2H3,(H,34,36)(H,31,32,33). The van der Waals surface area contributed by atoms with Crippen LogP contribution in [-0.2, 0) is 14.3 Å². The maximum Gasteiger partial charge on any atom is 0.284 e. The minimum atomic E-state index is -0.912. The lowest BCUT2D eigenvalue weighted by Gasteiger charge is -2.15. The second-order valence-electron chi connectivity index (χ2n) is 8.81. The van der Waals surface area contributed by atoms with E-state index >= 15 is 0 Å². The van der Waals surface area contributed by atoms with Crippen molar-refractivity contribution in [3.8, 4) is 5.75 Å². The number of hydrogen-bond donors (Lipinski definition) is 2. The lowest BCUT2D eigenvalue weighted by Crippen LogP contribution is -2.25. The molecule has 9 nitrogen and oxygen atoms in total. The number of fused-ring (bicyclic) bond motifs is 1. The van der Waals surface area contributed by atoms with E-state index < -0.39 is 17.6 Å². The van der Waals surface area contributed by atoms with Crippen LogP contribution in [0.25, 0.3) is 10.9 Å². The molecule has 1 saturated heterocycles. The third-order valence-electron chi connectivity index (χ3n) is 6.08. The molecule has 3 aromatic rings. The number of carbonyl (C=O) groups excluding carboxylic acids is 1. The molecule has 1 fully saturated rings. The summed E-state index contributed by atoms with van der Waals surface area (Å²) >= 11 is 5.90. The molecule has 0 bridgehead atoms. The van der Waals surface area contributed by atoms with Gasteiger partial charge >= 0.3 is 0 Å². The first-order valence-electron chi connectivity index (χ1n) is 12.5. The van der Waals surface area contributed by atoms with Gasteiger partial charge in [-0.2, -0.15) is 0 Å². The lowest BCUT2D eigenvalue weighted by atomic mass is 10.1. The Balaban J connectivity index is 1.49. The predicted octanol–water partition coefficient (Wildman–Crippen LogP) is 5.09. The molecule has 0 saturated carbocycles. The van der Waals surface area contributed by atoms with Crippen LogP contribution in [0.3, 0.4) is 0 Å². The molecule has 0 spiro atoms. The summed E-state index contributed by atoms with van der Waals surface area (Å²) in [5, 5.41) is 6.15. The summed E-state index contributed by atoms with van der Waals surface area (Å²) in [7, 11) is 1.62. The Bertz CT molecular complexity index is 1340. The molecule has 1 aromatic heterocycles. The number of rotatable bonds is 12. The van der Waals surface area contributed by atoms with Crippen molar-refractivity contribution in [2.45, 2.75) is 19.4 Å². The van der Waals surface area contributed by atoms with E-state index in [9.17, 15) is 13.6 Å². The Labute approximate surface area is 230 Å². The molecule has 1 atom stereocenters. The molecule has 1 aliphatic heterocycles. The smallest absolute Gasteiger partial charge is 0.284 e. The zero-order valence-electron chi connectivity index (χ0n) is 21.7. The Hall–Kier alpha value is -3.38. The molecule has 2 aromatic carbocycles. The number of amides is 1. The van der Waals surface area contributed by atoms with Gasteiger partial charge in [0.15, 0.2) is 5.83 Å². The molecule has 1 amide bonds. The number of nitrogens with zero attached hydrogens (tertiary/aromatic N) is 3. The number of nitrogens with one attached hydrogen (secondary N) is 2. The van der Waals surface area contributed by atoms with E-state index in [0.29, 0.717) is 54.5 Å². The number of anilines is 3. The van der Waals surface area contributed by atoms with E-state index in [-0.39, 0.29) is 23.4 Å². The van der Waals surface area contributed by atoms with E-state index in [2.05, 4.69) is 20.6 Å². The first kappa shape index (κ1) is 28.6. The number of aromatic nitrogens is 2. The van der Waals surface area contributed by atoms with E-state index in [1.807, 2.05) is 4.90 Å². The fourth-order valence-corrected chi connectivity index (χ4v) is 4.33. The monoisotopic (exact) mass is 561 g/mol. The largest absolute Gasteiger partial charge is 0.492 e. The van der Waals surface area contributed by atoms with Crippen LogP contribution in [-0.4, -0.2) is 73.4 Å². The number of methoxy groups -OCH3 is 1. The highest BCUT2D eigenvalue weighted by Gasteiger charge is 2.23. The Morgan fingerprint density at radius 2 is 2.10 bits per heavy atom. The van der Waals surface area contributed by atoms with Gasteiger partial charge in [-0.1, -0.05) is 11.6 Å². The van der Waals surface area contributed by atoms with Crippen molar-refractivity contribution >= 4 is 45.6 Å². The summed E-state index contributed by atoms with van der Waals surface area (Å²) in [5.74, 6) is -1.65. The van der Waals surface area contributed by atoms with Crippen molar-refractivity contribution in [1.29, 1.82) is 0 Å². The van der Waals surface area contributed by atoms with Crippen LogP contribution in [0, 0.1) is 5.82 Å². The molecule has 0 aliphatic carbocycles. The predicted molar refractivity (Wildman–Crippen MR) is 146 cm³/mol. The van der Waals surface area contributed by atoms with Gasteiger partial charge in [0.1, 0.15) is 23.7 Å². The zero-order chi connectivity index (χ0) is 27.8. The molecule has 208 valence electrons. The van der Waals surface area contributed by atoms with Crippen LogP contribution in [0.15, 0.2) is 48.6 Å².